The molecule has 1 rings (SSSR count). The second-order valence-electron chi connectivity index (χ2n) is 4.39. The zero-order valence-electron chi connectivity index (χ0n) is 11.9. The van der Waals surface area contributed by atoms with E-state index in [4.69, 9.17) is 9.47 Å². The topological polar surface area (TPSA) is 47.6 Å². The minimum absolute atomic E-state index is 0.0221. The van der Waals surface area contributed by atoms with Gasteiger partial charge in [0.05, 0.1) is 13.2 Å². The van der Waals surface area contributed by atoms with Crippen LogP contribution in [0.2, 0.25) is 0 Å². The number of esters is 1. The van der Waals surface area contributed by atoms with Crippen molar-refractivity contribution in [3.8, 4) is 0 Å². The van der Waals surface area contributed by atoms with Crippen LogP contribution in [-0.2, 0) is 14.3 Å². The predicted molar refractivity (Wildman–Crippen MR) is 75.0 cm³/mol. The molecule has 0 amide bonds. The minimum atomic E-state index is -0.311. The van der Waals surface area contributed by atoms with E-state index >= 15 is 0 Å². The summed E-state index contributed by atoms with van der Waals surface area (Å²) >= 11 is 0. The van der Waals surface area contributed by atoms with Gasteiger partial charge in [0.25, 0.3) is 0 Å². The highest BCUT2D eigenvalue weighted by Crippen LogP contribution is 2.15. The fraction of sp³-hybridized carbons (Fsp3) is 0.533. The van der Waals surface area contributed by atoms with Gasteiger partial charge >= 0.3 is 5.97 Å². The van der Waals surface area contributed by atoms with Gasteiger partial charge in [-0.3, -0.25) is 0 Å². The van der Waals surface area contributed by atoms with Crippen LogP contribution in [0, 0.1) is 6.92 Å². The molecular weight excluding hydrogens is 242 g/mol. The fourth-order valence-electron chi connectivity index (χ4n) is 1.89. The molecule has 0 spiro atoms. The maximum atomic E-state index is 11.0. The van der Waals surface area contributed by atoms with Gasteiger partial charge in [0.2, 0.25) is 0 Å². The molecule has 1 aromatic rings. The highest BCUT2D eigenvalue weighted by molar-refractivity contribution is 5.70. The third kappa shape index (κ3) is 5.85. The van der Waals surface area contributed by atoms with Gasteiger partial charge in [-0.1, -0.05) is 24.3 Å². The Morgan fingerprint density at radius 3 is 2.79 bits per heavy atom. The van der Waals surface area contributed by atoms with E-state index in [0.29, 0.717) is 19.8 Å². The van der Waals surface area contributed by atoms with Crippen LogP contribution in [0.4, 0.5) is 0 Å². The molecule has 0 saturated carbocycles. The molecule has 1 atom stereocenters. The summed E-state index contributed by atoms with van der Waals surface area (Å²) in [5.41, 5.74) is 2.56. The monoisotopic (exact) mass is 265 g/mol. The van der Waals surface area contributed by atoms with Crippen molar-refractivity contribution >= 4 is 5.97 Å². The average Bonchev–Trinajstić information content (AvgIpc) is 2.39. The van der Waals surface area contributed by atoms with Crippen molar-refractivity contribution in [3.63, 3.8) is 0 Å². The molecule has 1 unspecified atom stereocenters. The summed E-state index contributed by atoms with van der Waals surface area (Å²) in [5.74, 6) is -0.311. The van der Waals surface area contributed by atoms with Crippen molar-refractivity contribution < 1.29 is 14.3 Å². The molecule has 1 aromatic carbocycles. The third-order valence-electron chi connectivity index (χ3n) is 2.88. The van der Waals surface area contributed by atoms with Crippen LogP contribution in [0.25, 0.3) is 0 Å². The lowest BCUT2D eigenvalue weighted by Crippen LogP contribution is -2.25. The number of nitrogens with one attached hydrogen (secondary N) is 1. The van der Waals surface area contributed by atoms with Gasteiger partial charge in [0.15, 0.2) is 0 Å². The SMILES string of the molecule is CCOC(=O)COCCNC(C)c1ccccc1C. The second kappa shape index (κ2) is 8.67. The van der Waals surface area contributed by atoms with Crippen LogP contribution < -0.4 is 5.32 Å². The minimum Gasteiger partial charge on any atom is -0.464 e. The van der Waals surface area contributed by atoms with Crippen LogP contribution in [0.1, 0.15) is 31.0 Å². The van der Waals surface area contributed by atoms with Crippen LogP contribution >= 0.6 is 0 Å². The second-order valence-corrected chi connectivity index (χ2v) is 4.39. The van der Waals surface area contributed by atoms with Crippen molar-refractivity contribution in [3.05, 3.63) is 35.4 Å². The Kier molecular flexibility index (Phi) is 7.15. The summed E-state index contributed by atoms with van der Waals surface area (Å²) in [6.45, 7) is 7.62. The van der Waals surface area contributed by atoms with Crippen molar-refractivity contribution in [2.45, 2.75) is 26.8 Å². The summed E-state index contributed by atoms with van der Waals surface area (Å²) in [6.07, 6.45) is 0. The van der Waals surface area contributed by atoms with Gasteiger partial charge in [0, 0.05) is 12.6 Å². The lowest BCUT2D eigenvalue weighted by atomic mass is 10.0. The van der Waals surface area contributed by atoms with Crippen molar-refractivity contribution in [2.75, 3.05) is 26.4 Å². The van der Waals surface area contributed by atoms with E-state index in [1.807, 2.05) is 12.1 Å². The standard InChI is InChI=1S/C15H23NO3/c1-4-19-15(17)11-18-10-9-16-13(3)14-8-6-5-7-12(14)2/h5-8,13,16H,4,9-11H2,1-3H3. The summed E-state index contributed by atoms with van der Waals surface area (Å²) in [7, 11) is 0. The Labute approximate surface area is 115 Å². The Balaban J connectivity index is 2.19. The van der Waals surface area contributed by atoms with E-state index in [1.54, 1.807) is 6.92 Å². The van der Waals surface area contributed by atoms with Crippen LogP contribution in [0.5, 0.6) is 0 Å². The van der Waals surface area contributed by atoms with E-state index in [2.05, 4.69) is 31.3 Å². The maximum absolute atomic E-state index is 11.0. The molecule has 1 N–H and O–H groups in total. The van der Waals surface area contributed by atoms with Crippen molar-refractivity contribution in [1.82, 2.24) is 5.32 Å². The smallest absolute Gasteiger partial charge is 0.332 e. The lowest BCUT2D eigenvalue weighted by molar-refractivity contribution is -0.148. The Morgan fingerprint density at radius 1 is 1.37 bits per heavy atom. The molecule has 0 aliphatic carbocycles. The molecule has 106 valence electrons. The molecule has 0 aliphatic rings. The Hall–Kier alpha value is -1.39. The first-order valence-corrected chi connectivity index (χ1v) is 6.67. The molecule has 0 fully saturated rings. The molecule has 4 heteroatoms. The van der Waals surface area contributed by atoms with Gasteiger partial charge in [-0.15, -0.1) is 0 Å². The van der Waals surface area contributed by atoms with Crippen LogP contribution in [-0.4, -0.2) is 32.3 Å². The predicted octanol–water partition coefficient (Wildman–Crippen LogP) is 2.23. The summed E-state index contributed by atoms with van der Waals surface area (Å²) in [5, 5.41) is 3.37. The zero-order chi connectivity index (χ0) is 14.1. The number of carbonyl (C=O) groups excluding carboxylic acids is 1. The first kappa shape index (κ1) is 15.7. The van der Waals surface area contributed by atoms with E-state index in [1.165, 1.54) is 11.1 Å². The highest BCUT2D eigenvalue weighted by atomic mass is 16.6. The van der Waals surface area contributed by atoms with Gasteiger partial charge in [-0.2, -0.15) is 0 Å². The van der Waals surface area contributed by atoms with Crippen molar-refractivity contribution in [1.29, 1.82) is 0 Å². The first-order chi connectivity index (χ1) is 9.15. The van der Waals surface area contributed by atoms with Crippen LogP contribution in [0.3, 0.4) is 0 Å². The normalized spacial score (nSPS) is 12.2. The molecule has 0 heterocycles. The molecular formula is C15H23NO3. The fourth-order valence-corrected chi connectivity index (χ4v) is 1.89. The first-order valence-electron chi connectivity index (χ1n) is 6.67. The van der Waals surface area contributed by atoms with Crippen molar-refractivity contribution in [2.24, 2.45) is 0 Å². The van der Waals surface area contributed by atoms with Gasteiger partial charge in [-0.05, 0) is 31.9 Å². The van der Waals surface area contributed by atoms with Gasteiger partial charge < -0.3 is 14.8 Å². The number of carbonyl (C=O) groups is 1. The number of aryl methyl sites for hydroxylation is 1. The highest BCUT2D eigenvalue weighted by Gasteiger charge is 2.07. The molecule has 0 bridgehead atoms. The molecule has 0 aromatic heterocycles. The number of benzene rings is 1. The third-order valence-corrected chi connectivity index (χ3v) is 2.88. The number of hydrogen-bond donors (Lipinski definition) is 1. The summed E-state index contributed by atoms with van der Waals surface area (Å²) in [4.78, 5) is 11.0. The molecule has 0 saturated heterocycles. The number of rotatable bonds is 8. The molecule has 0 radical (unpaired) electrons. The lowest BCUT2D eigenvalue weighted by Gasteiger charge is -2.16. The molecule has 0 aliphatic heterocycles. The van der Waals surface area contributed by atoms with E-state index in [9.17, 15) is 4.79 Å². The largest absolute Gasteiger partial charge is 0.464 e. The molecule has 4 nitrogen and oxygen atoms in total. The van der Waals surface area contributed by atoms with Crippen LogP contribution in [0.15, 0.2) is 24.3 Å². The zero-order valence-corrected chi connectivity index (χ0v) is 11.9. The summed E-state index contributed by atoms with van der Waals surface area (Å²) in [6, 6.07) is 8.57. The summed E-state index contributed by atoms with van der Waals surface area (Å²) < 4.78 is 10.00. The van der Waals surface area contributed by atoms with E-state index < -0.39 is 0 Å². The number of hydrogen-bond acceptors (Lipinski definition) is 4. The van der Waals surface area contributed by atoms with E-state index in [0.717, 1.165) is 0 Å². The maximum Gasteiger partial charge on any atom is 0.332 e. The quantitative estimate of drug-likeness (QED) is 0.578. The van der Waals surface area contributed by atoms with Gasteiger partial charge in [0.1, 0.15) is 6.61 Å². The number of ether oxygens (including phenoxy) is 2. The van der Waals surface area contributed by atoms with E-state index in [-0.39, 0.29) is 18.6 Å². The Bertz CT molecular complexity index is 393. The van der Waals surface area contributed by atoms with Gasteiger partial charge in [-0.25, -0.2) is 4.79 Å². The average molecular weight is 265 g/mol. The molecule has 19 heavy (non-hydrogen) atoms. The Morgan fingerprint density at radius 2 is 2.11 bits per heavy atom.